The summed E-state index contributed by atoms with van der Waals surface area (Å²) in [5, 5.41) is 4.53. The first-order valence-corrected chi connectivity index (χ1v) is 7.97. The summed E-state index contributed by atoms with van der Waals surface area (Å²) in [6, 6.07) is 11.4. The van der Waals surface area contributed by atoms with Crippen LogP contribution >= 0.6 is 11.6 Å². The summed E-state index contributed by atoms with van der Waals surface area (Å²) in [5.41, 5.74) is 4.46. The number of hydrogen-bond acceptors (Lipinski definition) is 2. The average Bonchev–Trinajstić information content (AvgIpc) is 2.86. The molecule has 23 heavy (non-hydrogen) atoms. The molecule has 0 saturated heterocycles. The molecule has 0 fully saturated rings. The first kappa shape index (κ1) is 15.6. The molecule has 0 spiro atoms. The second-order valence-electron chi connectivity index (χ2n) is 5.65. The van der Waals surface area contributed by atoms with Crippen molar-refractivity contribution in [3.63, 3.8) is 0 Å². The summed E-state index contributed by atoms with van der Waals surface area (Å²) in [5.74, 6) is 0.102. The number of amides is 1. The lowest BCUT2D eigenvalue weighted by molar-refractivity contribution is 0.0998. The number of carbonyl (C=O) groups excluding carboxylic acids is 1. The molecule has 0 aliphatic rings. The molecule has 0 aliphatic carbocycles. The lowest BCUT2D eigenvalue weighted by Crippen LogP contribution is -2.12. The van der Waals surface area contributed by atoms with E-state index in [0.717, 1.165) is 34.2 Å². The maximum Gasteiger partial charge on any atom is 0.291 e. The minimum Gasteiger partial charge on any atom is -0.451 e. The molecule has 1 N–H and O–H groups in total. The lowest BCUT2D eigenvalue weighted by Gasteiger charge is -2.07. The van der Waals surface area contributed by atoms with Crippen molar-refractivity contribution in [2.45, 2.75) is 27.2 Å². The van der Waals surface area contributed by atoms with E-state index in [0.29, 0.717) is 10.8 Å². The molecule has 1 amide bonds. The Morgan fingerprint density at radius 2 is 1.96 bits per heavy atom. The number of furan rings is 1. The van der Waals surface area contributed by atoms with Crippen LogP contribution in [0.4, 0.5) is 5.69 Å². The van der Waals surface area contributed by atoms with Crippen LogP contribution in [0.25, 0.3) is 11.0 Å². The number of anilines is 1. The Morgan fingerprint density at radius 3 is 2.65 bits per heavy atom. The predicted octanol–water partition coefficient (Wildman–Crippen LogP) is 5.52. The molecule has 0 saturated carbocycles. The Morgan fingerprint density at radius 1 is 1.17 bits per heavy atom. The Labute approximate surface area is 140 Å². The monoisotopic (exact) mass is 327 g/mol. The number of aryl methyl sites for hydroxylation is 3. The molecular formula is C19H18ClNO2. The van der Waals surface area contributed by atoms with Gasteiger partial charge in [0.1, 0.15) is 5.58 Å². The first-order chi connectivity index (χ1) is 11.0. The van der Waals surface area contributed by atoms with E-state index < -0.39 is 0 Å². The van der Waals surface area contributed by atoms with Crippen LogP contribution in [-0.2, 0) is 6.42 Å². The van der Waals surface area contributed by atoms with Gasteiger partial charge in [-0.05, 0) is 61.7 Å². The van der Waals surface area contributed by atoms with E-state index in [1.807, 2.05) is 32.0 Å². The number of halogens is 1. The van der Waals surface area contributed by atoms with Gasteiger partial charge in [0.25, 0.3) is 5.91 Å². The van der Waals surface area contributed by atoms with Crippen LogP contribution in [0.5, 0.6) is 0 Å². The number of nitrogens with one attached hydrogen (secondary N) is 1. The number of rotatable bonds is 3. The van der Waals surface area contributed by atoms with Crippen LogP contribution in [0.2, 0.25) is 5.02 Å². The Hall–Kier alpha value is -2.26. The van der Waals surface area contributed by atoms with Gasteiger partial charge >= 0.3 is 0 Å². The predicted molar refractivity (Wildman–Crippen MR) is 94.5 cm³/mol. The van der Waals surface area contributed by atoms with Crippen LogP contribution in [0.3, 0.4) is 0 Å². The second-order valence-corrected chi connectivity index (χ2v) is 6.09. The van der Waals surface area contributed by atoms with Gasteiger partial charge in [-0.3, -0.25) is 4.79 Å². The average molecular weight is 328 g/mol. The van der Waals surface area contributed by atoms with Crippen molar-refractivity contribution in [2.75, 3.05) is 5.32 Å². The highest BCUT2D eigenvalue weighted by Crippen LogP contribution is 2.28. The highest BCUT2D eigenvalue weighted by Gasteiger charge is 2.18. The molecule has 0 radical (unpaired) electrons. The van der Waals surface area contributed by atoms with Crippen molar-refractivity contribution in [3.8, 4) is 0 Å². The van der Waals surface area contributed by atoms with E-state index in [2.05, 4.69) is 18.3 Å². The molecule has 3 aromatic rings. The van der Waals surface area contributed by atoms with Gasteiger partial charge in [-0.25, -0.2) is 0 Å². The zero-order valence-corrected chi connectivity index (χ0v) is 14.1. The van der Waals surface area contributed by atoms with Gasteiger partial charge < -0.3 is 9.73 Å². The van der Waals surface area contributed by atoms with Crippen molar-refractivity contribution in [3.05, 3.63) is 63.9 Å². The third-order valence-corrected chi connectivity index (χ3v) is 4.29. The summed E-state index contributed by atoms with van der Waals surface area (Å²) in [7, 11) is 0. The maximum atomic E-state index is 12.6. The van der Waals surface area contributed by atoms with Crippen molar-refractivity contribution >= 4 is 34.2 Å². The number of hydrogen-bond donors (Lipinski definition) is 1. The molecule has 0 atom stereocenters. The van der Waals surface area contributed by atoms with Crippen molar-refractivity contribution in [1.29, 1.82) is 0 Å². The third-order valence-electron chi connectivity index (χ3n) is 4.05. The highest BCUT2D eigenvalue weighted by atomic mass is 35.5. The first-order valence-electron chi connectivity index (χ1n) is 7.59. The normalized spacial score (nSPS) is 11.0. The highest BCUT2D eigenvalue weighted by molar-refractivity contribution is 6.30. The van der Waals surface area contributed by atoms with Crippen molar-refractivity contribution in [1.82, 2.24) is 0 Å². The minimum atomic E-state index is -0.248. The van der Waals surface area contributed by atoms with Crippen molar-refractivity contribution in [2.24, 2.45) is 0 Å². The van der Waals surface area contributed by atoms with Crippen LogP contribution in [0.15, 0.2) is 40.8 Å². The van der Waals surface area contributed by atoms with Crippen LogP contribution in [0, 0.1) is 13.8 Å². The molecule has 118 valence electrons. The third kappa shape index (κ3) is 2.97. The van der Waals surface area contributed by atoms with Gasteiger partial charge in [0.2, 0.25) is 0 Å². The van der Waals surface area contributed by atoms with Gasteiger partial charge in [-0.15, -0.1) is 0 Å². The maximum absolute atomic E-state index is 12.6. The molecule has 0 aliphatic heterocycles. The quantitative estimate of drug-likeness (QED) is 0.688. The fraction of sp³-hybridized carbons (Fsp3) is 0.211. The minimum absolute atomic E-state index is 0.248. The van der Waals surface area contributed by atoms with Gasteiger partial charge in [0.15, 0.2) is 5.76 Å². The zero-order chi connectivity index (χ0) is 16.6. The zero-order valence-electron chi connectivity index (χ0n) is 13.4. The van der Waals surface area contributed by atoms with E-state index in [1.165, 1.54) is 5.56 Å². The largest absolute Gasteiger partial charge is 0.451 e. The second kappa shape index (κ2) is 6.09. The van der Waals surface area contributed by atoms with Crippen LogP contribution in [-0.4, -0.2) is 5.91 Å². The van der Waals surface area contributed by atoms with Gasteiger partial charge in [0, 0.05) is 21.7 Å². The number of fused-ring (bicyclic) bond motifs is 1. The molecule has 0 bridgehead atoms. The smallest absolute Gasteiger partial charge is 0.291 e. The fourth-order valence-corrected chi connectivity index (χ4v) is 2.88. The topological polar surface area (TPSA) is 42.2 Å². The summed E-state index contributed by atoms with van der Waals surface area (Å²) < 4.78 is 5.76. The Balaban J connectivity index is 1.96. The summed E-state index contributed by atoms with van der Waals surface area (Å²) in [6.45, 7) is 5.92. The number of benzene rings is 2. The van der Waals surface area contributed by atoms with E-state index in [4.69, 9.17) is 16.0 Å². The Kier molecular flexibility index (Phi) is 4.14. The van der Waals surface area contributed by atoms with Gasteiger partial charge in [-0.1, -0.05) is 24.6 Å². The molecule has 2 aromatic carbocycles. The van der Waals surface area contributed by atoms with Crippen LogP contribution < -0.4 is 5.32 Å². The van der Waals surface area contributed by atoms with E-state index in [1.54, 1.807) is 12.1 Å². The molecule has 1 heterocycles. The van der Waals surface area contributed by atoms with E-state index >= 15 is 0 Å². The molecule has 3 rings (SSSR count). The summed E-state index contributed by atoms with van der Waals surface area (Å²) >= 11 is 5.95. The molecular weight excluding hydrogens is 310 g/mol. The van der Waals surface area contributed by atoms with Gasteiger partial charge in [0.05, 0.1) is 0 Å². The standard InChI is InChI=1S/C19H18ClNO2/c1-4-13-5-8-17-15(10-13)12(3)18(23-17)19(22)21-16-7-6-14(20)9-11(16)2/h5-10H,4H2,1-3H3,(H,21,22). The van der Waals surface area contributed by atoms with Gasteiger partial charge in [-0.2, -0.15) is 0 Å². The fourth-order valence-electron chi connectivity index (χ4n) is 2.65. The van der Waals surface area contributed by atoms with E-state index in [-0.39, 0.29) is 5.91 Å². The lowest BCUT2D eigenvalue weighted by atomic mass is 10.1. The van der Waals surface area contributed by atoms with Crippen molar-refractivity contribution < 1.29 is 9.21 Å². The Bertz CT molecular complexity index is 896. The SMILES string of the molecule is CCc1ccc2oc(C(=O)Nc3ccc(Cl)cc3C)c(C)c2c1. The molecule has 3 nitrogen and oxygen atoms in total. The molecule has 0 unspecified atom stereocenters. The summed E-state index contributed by atoms with van der Waals surface area (Å²) in [6.07, 6.45) is 0.950. The van der Waals surface area contributed by atoms with E-state index in [9.17, 15) is 4.79 Å². The summed E-state index contributed by atoms with van der Waals surface area (Å²) in [4.78, 5) is 12.6. The molecule has 4 heteroatoms. The van der Waals surface area contributed by atoms with Crippen LogP contribution in [0.1, 0.15) is 34.2 Å². The number of carbonyl (C=O) groups is 1. The molecule has 1 aromatic heterocycles.